The first-order valence-electron chi connectivity index (χ1n) is 8.14. The van der Waals surface area contributed by atoms with Crippen molar-refractivity contribution in [3.8, 4) is 0 Å². The van der Waals surface area contributed by atoms with Gasteiger partial charge in [0, 0.05) is 57.5 Å². The molecule has 1 atom stereocenters. The fourth-order valence-corrected chi connectivity index (χ4v) is 2.88. The van der Waals surface area contributed by atoms with E-state index in [1.807, 2.05) is 12.1 Å². The van der Waals surface area contributed by atoms with E-state index in [-0.39, 0.29) is 12.1 Å². The second-order valence-corrected chi connectivity index (χ2v) is 6.02. The van der Waals surface area contributed by atoms with Crippen molar-refractivity contribution >= 4 is 11.8 Å². The van der Waals surface area contributed by atoms with E-state index >= 15 is 0 Å². The number of nitrogens with zero attached hydrogens (tertiary/aromatic N) is 5. The summed E-state index contributed by atoms with van der Waals surface area (Å²) in [4.78, 5) is 28.8. The lowest BCUT2D eigenvalue weighted by atomic mass is 10.1. The van der Waals surface area contributed by atoms with Crippen LogP contribution in [0.25, 0.3) is 0 Å². The Bertz CT molecular complexity index is 651. The molecular formula is C17H22N6O. The lowest BCUT2D eigenvalue weighted by Gasteiger charge is -2.34. The van der Waals surface area contributed by atoms with Gasteiger partial charge in [-0.05, 0) is 24.5 Å². The molecule has 0 bridgehead atoms. The van der Waals surface area contributed by atoms with E-state index in [1.54, 1.807) is 42.9 Å². The van der Waals surface area contributed by atoms with Crippen LogP contribution in [0.2, 0.25) is 0 Å². The smallest absolute Gasteiger partial charge is 0.317 e. The van der Waals surface area contributed by atoms with E-state index in [0.717, 1.165) is 37.3 Å². The molecule has 1 unspecified atom stereocenters. The molecular weight excluding hydrogens is 304 g/mol. The summed E-state index contributed by atoms with van der Waals surface area (Å²) in [5.74, 6) is 0.861. The molecule has 1 aliphatic heterocycles. The zero-order chi connectivity index (χ0) is 16.8. The summed E-state index contributed by atoms with van der Waals surface area (Å²) >= 11 is 0. The third-order valence-electron chi connectivity index (χ3n) is 4.11. The van der Waals surface area contributed by atoms with Crippen molar-refractivity contribution in [1.29, 1.82) is 0 Å². The van der Waals surface area contributed by atoms with Gasteiger partial charge in [-0.2, -0.15) is 0 Å². The maximum Gasteiger partial charge on any atom is 0.317 e. The molecule has 1 N–H and O–H groups in total. The predicted molar refractivity (Wildman–Crippen MR) is 91.5 cm³/mol. The first-order chi connectivity index (χ1) is 11.7. The van der Waals surface area contributed by atoms with Gasteiger partial charge in [-0.3, -0.25) is 9.97 Å². The molecule has 1 fully saturated rings. The van der Waals surface area contributed by atoms with Crippen LogP contribution in [0, 0.1) is 0 Å². The van der Waals surface area contributed by atoms with Gasteiger partial charge in [0.05, 0.1) is 6.20 Å². The average Bonchev–Trinajstić information content (AvgIpc) is 2.63. The number of carbonyl (C=O) groups excluding carboxylic acids is 1. The highest BCUT2D eigenvalue weighted by Crippen LogP contribution is 2.16. The average molecular weight is 326 g/mol. The van der Waals surface area contributed by atoms with Crippen LogP contribution in [-0.2, 0) is 6.54 Å². The van der Waals surface area contributed by atoms with E-state index in [1.165, 1.54) is 0 Å². The van der Waals surface area contributed by atoms with Crippen LogP contribution in [0.4, 0.5) is 10.6 Å². The Morgan fingerprint density at radius 3 is 2.96 bits per heavy atom. The number of rotatable bonds is 4. The highest BCUT2D eigenvalue weighted by Gasteiger charge is 2.23. The number of piperidine rings is 1. The molecule has 3 heterocycles. The number of amides is 2. The van der Waals surface area contributed by atoms with Crippen molar-refractivity contribution in [3.05, 3.63) is 48.7 Å². The number of anilines is 1. The highest BCUT2D eigenvalue weighted by molar-refractivity contribution is 5.74. The fraction of sp³-hybridized carbons (Fsp3) is 0.412. The second-order valence-electron chi connectivity index (χ2n) is 6.02. The van der Waals surface area contributed by atoms with Gasteiger partial charge in [0.2, 0.25) is 0 Å². The number of pyridine rings is 1. The number of hydrogen-bond acceptors (Lipinski definition) is 5. The van der Waals surface area contributed by atoms with Crippen LogP contribution in [0.3, 0.4) is 0 Å². The van der Waals surface area contributed by atoms with Crippen LogP contribution in [0.1, 0.15) is 18.4 Å². The largest absolute Gasteiger partial charge is 0.353 e. The van der Waals surface area contributed by atoms with Crippen LogP contribution < -0.4 is 10.2 Å². The summed E-state index contributed by atoms with van der Waals surface area (Å²) in [7, 11) is 1.80. The molecule has 0 spiro atoms. The summed E-state index contributed by atoms with van der Waals surface area (Å²) in [6.07, 6.45) is 10.6. The minimum Gasteiger partial charge on any atom is -0.353 e. The minimum atomic E-state index is -0.0650. The van der Waals surface area contributed by atoms with Gasteiger partial charge in [0.1, 0.15) is 5.82 Å². The van der Waals surface area contributed by atoms with Crippen molar-refractivity contribution < 1.29 is 4.79 Å². The topological polar surface area (TPSA) is 74.2 Å². The number of nitrogens with one attached hydrogen (secondary N) is 1. The van der Waals surface area contributed by atoms with Crippen LogP contribution in [0.5, 0.6) is 0 Å². The van der Waals surface area contributed by atoms with Crippen molar-refractivity contribution in [3.63, 3.8) is 0 Å². The number of carbonyl (C=O) groups is 1. The van der Waals surface area contributed by atoms with Gasteiger partial charge >= 0.3 is 6.03 Å². The summed E-state index contributed by atoms with van der Waals surface area (Å²) in [5, 5.41) is 3.12. The Morgan fingerprint density at radius 1 is 1.33 bits per heavy atom. The monoisotopic (exact) mass is 326 g/mol. The quantitative estimate of drug-likeness (QED) is 0.925. The lowest BCUT2D eigenvalue weighted by Crippen LogP contribution is -2.51. The molecule has 0 aliphatic carbocycles. The van der Waals surface area contributed by atoms with Crippen molar-refractivity contribution in [2.45, 2.75) is 25.4 Å². The second kappa shape index (κ2) is 7.72. The Labute approximate surface area is 141 Å². The third-order valence-corrected chi connectivity index (χ3v) is 4.11. The molecule has 1 saturated heterocycles. The summed E-state index contributed by atoms with van der Waals surface area (Å²) in [5.41, 5.74) is 1.01. The number of urea groups is 1. The van der Waals surface area contributed by atoms with Gasteiger partial charge in [0.25, 0.3) is 0 Å². The zero-order valence-electron chi connectivity index (χ0n) is 13.8. The van der Waals surface area contributed by atoms with Crippen molar-refractivity contribution in [2.24, 2.45) is 0 Å². The molecule has 1 aliphatic rings. The predicted octanol–water partition coefficient (Wildman–Crippen LogP) is 1.68. The molecule has 24 heavy (non-hydrogen) atoms. The van der Waals surface area contributed by atoms with E-state index in [9.17, 15) is 4.79 Å². The number of hydrogen-bond donors (Lipinski definition) is 1. The standard InChI is InChI=1S/C17H22N6O/c1-22(12-14-4-2-6-18-10-14)17(24)21-15-5-3-9-23(13-15)16-11-19-7-8-20-16/h2,4,6-8,10-11,15H,3,5,9,12-13H2,1H3,(H,21,24). The molecule has 2 amide bonds. The Kier molecular flexibility index (Phi) is 5.20. The van der Waals surface area contributed by atoms with Gasteiger partial charge < -0.3 is 15.1 Å². The maximum absolute atomic E-state index is 12.4. The molecule has 7 heteroatoms. The van der Waals surface area contributed by atoms with Crippen LogP contribution >= 0.6 is 0 Å². The molecule has 0 saturated carbocycles. The normalized spacial score (nSPS) is 17.4. The van der Waals surface area contributed by atoms with E-state index < -0.39 is 0 Å². The van der Waals surface area contributed by atoms with Gasteiger partial charge in [-0.15, -0.1) is 0 Å². The lowest BCUT2D eigenvalue weighted by molar-refractivity contribution is 0.200. The van der Waals surface area contributed by atoms with E-state index in [2.05, 4.69) is 25.2 Å². The van der Waals surface area contributed by atoms with E-state index in [4.69, 9.17) is 0 Å². The first kappa shape index (κ1) is 16.2. The van der Waals surface area contributed by atoms with Crippen LogP contribution in [0.15, 0.2) is 43.1 Å². The molecule has 7 nitrogen and oxygen atoms in total. The molecule has 2 aromatic heterocycles. The number of aromatic nitrogens is 3. The SMILES string of the molecule is CN(Cc1cccnc1)C(=O)NC1CCCN(c2cnccn2)C1. The Morgan fingerprint density at radius 2 is 2.21 bits per heavy atom. The summed E-state index contributed by atoms with van der Waals surface area (Å²) < 4.78 is 0. The van der Waals surface area contributed by atoms with Crippen LogP contribution in [-0.4, -0.2) is 52.1 Å². The van der Waals surface area contributed by atoms with Crippen molar-refractivity contribution in [1.82, 2.24) is 25.2 Å². The molecule has 0 aromatic carbocycles. The Hall–Kier alpha value is -2.70. The molecule has 3 rings (SSSR count). The minimum absolute atomic E-state index is 0.0650. The summed E-state index contributed by atoms with van der Waals surface area (Å²) in [6.45, 7) is 2.24. The van der Waals surface area contributed by atoms with Gasteiger partial charge in [-0.25, -0.2) is 9.78 Å². The van der Waals surface area contributed by atoms with E-state index in [0.29, 0.717) is 6.54 Å². The molecule has 0 radical (unpaired) electrons. The zero-order valence-corrected chi connectivity index (χ0v) is 13.8. The first-order valence-corrected chi connectivity index (χ1v) is 8.14. The molecule has 2 aromatic rings. The fourth-order valence-electron chi connectivity index (χ4n) is 2.88. The maximum atomic E-state index is 12.4. The molecule has 126 valence electrons. The third kappa shape index (κ3) is 4.18. The Balaban J connectivity index is 1.54. The highest BCUT2D eigenvalue weighted by atomic mass is 16.2. The van der Waals surface area contributed by atoms with Gasteiger partial charge in [0.15, 0.2) is 0 Å². The summed E-state index contributed by atoms with van der Waals surface area (Å²) in [6, 6.07) is 3.89. The van der Waals surface area contributed by atoms with Gasteiger partial charge in [-0.1, -0.05) is 6.07 Å². The van der Waals surface area contributed by atoms with Crippen molar-refractivity contribution in [2.75, 3.05) is 25.0 Å².